The number of carbonyl (C=O) groups is 3. The highest BCUT2D eigenvalue weighted by atomic mass is 16.6. The van der Waals surface area contributed by atoms with Crippen molar-refractivity contribution in [2.75, 3.05) is 19.6 Å². The lowest BCUT2D eigenvalue weighted by molar-refractivity contribution is -0.150. The number of carboxylic acid groups (broad SMARTS) is 1. The van der Waals surface area contributed by atoms with Crippen molar-refractivity contribution in [3.63, 3.8) is 0 Å². The Morgan fingerprint density at radius 2 is 1.94 bits per heavy atom. The number of carbonyl (C=O) groups excluding carboxylic acids is 2. The summed E-state index contributed by atoms with van der Waals surface area (Å²) < 4.78 is 6.15. The number of alkyl carbamates (subject to hydrolysis) is 1. The molecule has 1 rings (SSSR count). The highest BCUT2D eigenvalue weighted by Gasteiger charge is 2.29. The molecular formula is C20H33N5O7. The first-order chi connectivity index (χ1) is 14.9. The van der Waals surface area contributed by atoms with Gasteiger partial charge >= 0.3 is 17.8 Å². The minimum absolute atomic E-state index is 0.0547. The molecule has 0 aliphatic rings. The van der Waals surface area contributed by atoms with E-state index in [2.05, 4.69) is 10.3 Å². The Balaban J connectivity index is 3.04. The Labute approximate surface area is 185 Å². The van der Waals surface area contributed by atoms with Gasteiger partial charge in [0.15, 0.2) is 0 Å². The number of unbranched alkanes of at least 4 members (excludes halogenated alkanes) is 1. The molecule has 12 nitrogen and oxygen atoms in total. The molecule has 32 heavy (non-hydrogen) atoms. The summed E-state index contributed by atoms with van der Waals surface area (Å²) in [7, 11) is 0. The smallest absolute Gasteiger partial charge is 0.407 e. The molecule has 12 heteroatoms. The Hall–Kier alpha value is -3.15. The number of hydrogen-bond donors (Lipinski definition) is 4. The number of nitrogens with one attached hydrogen (secondary N) is 2. The van der Waals surface area contributed by atoms with Crippen LogP contribution in [0.1, 0.15) is 45.6 Å². The first-order valence-electron chi connectivity index (χ1n) is 10.3. The fraction of sp³-hybridized carbons (Fsp3) is 0.650. The number of aromatic amines is 1. The van der Waals surface area contributed by atoms with Gasteiger partial charge in [-0.15, -0.1) is 0 Å². The third kappa shape index (κ3) is 8.92. The molecule has 1 atom stereocenters. The maximum absolute atomic E-state index is 13.0. The first-order valence-corrected chi connectivity index (χ1v) is 10.3. The van der Waals surface area contributed by atoms with E-state index in [0.717, 1.165) is 9.47 Å². The molecular weight excluding hydrogens is 422 g/mol. The Morgan fingerprint density at radius 3 is 2.50 bits per heavy atom. The van der Waals surface area contributed by atoms with Gasteiger partial charge in [0.2, 0.25) is 5.91 Å². The molecule has 1 heterocycles. The van der Waals surface area contributed by atoms with E-state index in [1.54, 1.807) is 20.8 Å². The molecule has 0 saturated carbocycles. The normalized spacial score (nSPS) is 12.2. The molecule has 0 spiro atoms. The topological polar surface area (TPSA) is 177 Å². The molecule has 2 amide bonds. The van der Waals surface area contributed by atoms with Gasteiger partial charge < -0.3 is 25.8 Å². The van der Waals surface area contributed by atoms with E-state index in [0.29, 0.717) is 19.4 Å². The van der Waals surface area contributed by atoms with Crippen molar-refractivity contribution in [1.29, 1.82) is 0 Å². The molecule has 0 fully saturated rings. The lowest BCUT2D eigenvalue weighted by Gasteiger charge is -2.30. The first kappa shape index (κ1) is 26.9. The Morgan fingerprint density at radius 1 is 1.28 bits per heavy atom. The van der Waals surface area contributed by atoms with Crippen LogP contribution < -0.4 is 22.3 Å². The predicted octanol–water partition coefficient (Wildman–Crippen LogP) is -0.219. The van der Waals surface area contributed by atoms with Gasteiger partial charge in [-0.1, -0.05) is 0 Å². The SMILES string of the molecule is Cc1cn(CC(=O)N(CCNC(=O)OC(C)(C)C)[C@@H](CCCCN)C(=O)O)c(=O)[nH]c1=O. The largest absolute Gasteiger partial charge is 0.480 e. The molecule has 0 radical (unpaired) electrons. The Kier molecular flexibility index (Phi) is 10.1. The number of ether oxygens (including phenoxy) is 1. The number of aromatic nitrogens is 2. The van der Waals surface area contributed by atoms with Gasteiger partial charge in [-0.25, -0.2) is 14.4 Å². The molecule has 0 aromatic carbocycles. The lowest BCUT2D eigenvalue weighted by Crippen LogP contribution is -2.50. The average molecular weight is 456 g/mol. The monoisotopic (exact) mass is 455 g/mol. The van der Waals surface area contributed by atoms with Crippen molar-refractivity contribution in [1.82, 2.24) is 19.8 Å². The van der Waals surface area contributed by atoms with Gasteiger partial charge in [-0.3, -0.25) is 19.1 Å². The van der Waals surface area contributed by atoms with Crippen molar-refractivity contribution in [3.05, 3.63) is 32.6 Å². The van der Waals surface area contributed by atoms with Crippen LogP contribution in [0.4, 0.5) is 4.79 Å². The molecule has 0 aliphatic carbocycles. The van der Waals surface area contributed by atoms with E-state index in [-0.39, 0.29) is 25.1 Å². The van der Waals surface area contributed by atoms with Crippen LogP contribution in [0.5, 0.6) is 0 Å². The van der Waals surface area contributed by atoms with Gasteiger partial charge in [0, 0.05) is 24.8 Å². The van der Waals surface area contributed by atoms with Crippen molar-refractivity contribution >= 4 is 18.0 Å². The fourth-order valence-corrected chi connectivity index (χ4v) is 2.91. The van der Waals surface area contributed by atoms with Crippen LogP contribution in [0.15, 0.2) is 15.8 Å². The number of rotatable bonds is 11. The summed E-state index contributed by atoms with van der Waals surface area (Å²) in [6.07, 6.45) is 1.76. The number of H-pyrrole nitrogens is 1. The summed E-state index contributed by atoms with van der Waals surface area (Å²) in [6, 6.07) is -1.17. The summed E-state index contributed by atoms with van der Waals surface area (Å²) in [5.74, 6) is -1.86. The van der Waals surface area contributed by atoms with Gasteiger partial charge in [-0.2, -0.15) is 0 Å². The number of carboxylic acids is 1. The van der Waals surface area contributed by atoms with Crippen LogP contribution in [-0.4, -0.2) is 68.8 Å². The highest BCUT2D eigenvalue weighted by Crippen LogP contribution is 2.11. The summed E-state index contributed by atoms with van der Waals surface area (Å²) >= 11 is 0. The fourth-order valence-electron chi connectivity index (χ4n) is 2.91. The van der Waals surface area contributed by atoms with Crippen molar-refractivity contribution in [3.8, 4) is 0 Å². The number of nitrogens with zero attached hydrogens (tertiary/aromatic N) is 2. The van der Waals surface area contributed by atoms with E-state index in [1.807, 2.05) is 0 Å². The summed E-state index contributed by atoms with van der Waals surface area (Å²) in [5.41, 5.74) is 3.65. The third-order valence-corrected chi connectivity index (χ3v) is 4.43. The van der Waals surface area contributed by atoms with E-state index in [4.69, 9.17) is 10.5 Å². The zero-order valence-corrected chi connectivity index (χ0v) is 19.0. The molecule has 180 valence electrons. The molecule has 1 aromatic heterocycles. The van der Waals surface area contributed by atoms with Gasteiger partial charge in [0.1, 0.15) is 18.2 Å². The van der Waals surface area contributed by atoms with Crippen LogP contribution in [-0.2, 0) is 20.9 Å². The van der Waals surface area contributed by atoms with Crippen LogP contribution >= 0.6 is 0 Å². The standard InChI is InChI=1S/C20H33N5O7/c1-13-11-24(18(30)23-16(13)27)12-15(26)25(14(17(28)29)7-5-6-8-21)10-9-22-19(31)32-20(2,3)4/h11,14H,5-10,12,21H2,1-4H3,(H,22,31)(H,28,29)(H,23,27,30)/t14-/m0/s1. The molecule has 1 aromatic rings. The van der Waals surface area contributed by atoms with Gasteiger partial charge in [0.25, 0.3) is 5.56 Å². The van der Waals surface area contributed by atoms with Crippen LogP contribution in [0.2, 0.25) is 0 Å². The zero-order chi connectivity index (χ0) is 24.5. The number of nitrogens with two attached hydrogens (primary N) is 1. The molecule has 0 saturated heterocycles. The second-order valence-corrected chi connectivity index (χ2v) is 8.35. The van der Waals surface area contributed by atoms with Crippen molar-refractivity contribution in [2.45, 2.75) is 65.1 Å². The van der Waals surface area contributed by atoms with E-state index in [1.165, 1.54) is 13.1 Å². The van der Waals surface area contributed by atoms with Crippen LogP contribution in [0, 0.1) is 6.92 Å². The summed E-state index contributed by atoms with van der Waals surface area (Å²) in [6.45, 7) is 6.32. The van der Waals surface area contributed by atoms with E-state index in [9.17, 15) is 29.1 Å². The van der Waals surface area contributed by atoms with Gasteiger partial charge in [0.05, 0.1) is 0 Å². The number of hydrogen-bond acceptors (Lipinski definition) is 7. The summed E-state index contributed by atoms with van der Waals surface area (Å²) in [4.78, 5) is 63.6. The molecule has 5 N–H and O–H groups in total. The predicted molar refractivity (Wildman–Crippen MR) is 116 cm³/mol. The number of amides is 2. The third-order valence-electron chi connectivity index (χ3n) is 4.43. The quantitative estimate of drug-likeness (QED) is 0.331. The second kappa shape index (κ2) is 12.0. The summed E-state index contributed by atoms with van der Waals surface area (Å²) in [5, 5.41) is 12.2. The van der Waals surface area contributed by atoms with Crippen molar-refractivity contribution < 1.29 is 24.2 Å². The maximum Gasteiger partial charge on any atom is 0.407 e. The van der Waals surface area contributed by atoms with E-state index >= 15 is 0 Å². The van der Waals surface area contributed by atoms with E-state index < -0.39 is 47.4 Å². The Bertz CT molecular complexity index is 916. The molecule has 0 unspecified atom stereocenters. The second-order valence-electron chi connectivity index (χ2n) is 8.35. The number of aryl methyl sites for hydroxylation is 1. The minimum Gasteiger partial charge on any atom is -0.480 e. The van der Waals surface area contributed by atoms with Crippen LogP contribution in [0.25, 0.3) is 0 Å². The lowest BCUT2D eigenvalue weighted by atomic mass is 10.1. The van der Waals surface area contributed by atoms with Crippen LogP contribution in [0.3, 0.4) is 0 Å². The molecule has 0 bridgehead atoms. The van der Waals surface area contributed by atoms with Crippen molar-refractivity contribution in [2.24, 2.45) is 5.73 Å². The minimum atomic E-state index is -1.21. The van der Waals surface area contributed by atoms with Gasteiger partial charge in [-0.05, 0) is 53.5 Å². The maximum atomic E-state index is 13.0. The zero-order valence-electron chi connectivity index (χ0n) is 19.0. The molecule has 0 aliphatic heterocycles. The average Bonchev–Trinajstić information content (AvgIpc) is 2.65. The number of aliphatic carboxylic acids is 1. The highest BCUT2D eigenvalue weighted by molar-refractivity contribution is 5.83.